The van der Waals surface area contributed by atoms with Gasteiger partial charge in [-0.2, -0.15) is 0 Å². The minimum Gasteiger partial charge on any atom is -0.480 e. The molecule has 1 fully saturated rings. The third-order valence-corrected chi connectivity index (χ3v) is 2.92. The maximum atomic E-state index is 11.9. The lowest BCUT2D eigenvalue weighted by Crippen LogP contribution is -2.51. The van der Waals surface area contributed by atoms with Crippen LogP contribution in [0.4, 0.5) is 4.79 Å². The Hall–Kier alpha value is -1.79. The van der Waals surface area contributed by atoms with Crippen molar-refractivity contribution in [3.63, 3.8) is 0 Å². The van der Waals surface area contributed by atoms with Gasteiger partial charge >= 0.3 is 12.0 Å². The maximum absolute atomic E-state index is 11.9. The first kappa shape index (κ1) is 14.3. The van der Waals surface area contributed by atoms with Crippen molar-refractivity contribution in [1.82, 2.24) is 15.1 Å². The lowest BCUT2D eigenvalue weighted by atomic mass is 10.2. The minimum absolute atomic E-state index is 0.137. The zero-order chi connectivity index (χ0) is 13.9. The molecule has 7 nitrogen and oxygen atoms in total. The third-order valence-electron chi connectivity index (χ3n) is 2.92. The monoisotopic (exact) mass is 257 g/mol. The molecule has 0 aromatic heterocycles. The van der Waals surface area contributed by atoms with Crippen molar-refractivity contribution in [3.05, 3.63) is 0 Å². The van der Waals surface area contributed by atoms with Crippen molar-refractivity contribution >= 4 is 17.9 Å². The highest BCUT2D eigenvalue weighted by Crippen LogP contribution is 2.09. The molecule has 0 aromatic rings. The van der Waals surface area contributed by atoms with Crippen molar-refractivity contribution in [2.75, 3.05) is 20.1 Å². The summed E-state index contributed by atoms with van der Waals surface area (Å²) >= 11 is 0. The number of rotatable bonds is 4. The van der Waals surface area contributed by atoms with Crippen molar-refractivity contribution in [2.45, 2.75) is 32.4 Å². The number of carboxylic acid groups (broad SMARTS) is 1. The second kappa shape index (κ2) is 5.70. The second-order valence-electron chi connectivity index (χ2n) is 4.67. The molecule has 1 atom stereocenters. The van der Waals surface area contributed by atoms with E-state index in [1.54, 1.807) is 25.8 Å². The van der Waals surface area contributed by atoms with E-state index in [0.717, 1.165) is 0 Å². The molecule has 102 valence electrons. The molecule has 0 radical (unpaired) electrons. The van der Waals surface area contributed by atoms with Crippen LogP contribution in [0.15, 0.2) is 0 Å². The van der Waals surface area contributed by atoms with Crippen LogP contribution in [0.1, 0.15) is 20.3 Å². The molecule has 1 unspecified atom stereocenters. The molecule has 18 heavy (non-hydrogen) atoms. The average molecular weight is 257 g/mol. The van der Waals surface area contributed by atoms with Crippen molar-refractivity contribution in [2.24, 2.45) is 0 Å². The van der Waals surface area contributed by atoms with Gasteiger partial charge in [0.25, 0.3) is 0 Å². The first-order valence-electron chi connectivity index (χ1n) is 5.86. The van der Waals surface area contributed by atoms with Gasteiger partial charge in [-0.05, 0) is 20.3 Å². The molecule has 3 amide bonds. The van der Waals surface area contributed by atoms with Gasteiger partial charge in [-0.3, -0.25) is 9.59 Å². The number of urea groups is 1. The predicted molar refractivity (Wildman–Crippen MR) is 64.1 cm³/mol. The molecule has 0 spiro atoms. The lowest BCUT2D eigenvalue weighted by molar-refractivity contribution is -0.138. The summed E-state index contributed by atoms with van der Waals surface area (Å²) in [4.78, 5) is 36.9. The molecule has 0 saturated carbocycles. The normalized spacial score (nSPS) is 19.2. The largest absolute Gasteiger partial charge is 0.480 e. The summed E-state index contributed by atoms with van der Waals surface area (Å²) in [6.07, 6.45) is 0.556. The Morgan fingerprint density at radius 2 is 2.17 bits per heavy atom. The molecule has 7 heteroatoms. The molecule has 1 saturated heterocycles. The second-order valence-corrected chi connectivity index (χ2v) is 4.67. The van der Waals surface area contributed by atoms with E-state index >= 15 is 0 Å². The van der Waals surface area contributed by atoms with Crippen molar-refractivity contribution < 1.29 is 19.5 Å². The first-order valence-corrected chi connectivity index (χ1v) is 5.86. The number of nitrogens with zero attached hydrogens (tertiary/aromatic N) is 2. The fourth-order valence-electron chi connectivity index (χ4n) is 1.82. The number of nitrogens with one attached hydrogen (secondary N) is 1. The summed E-state index contributed by atoms with van der Waals surface area (Å²) in [5.74, 6) is -1.21. The van der Waals surface area contributed by atoms with Gasteiger partial charge in [0.15, 0.2) is 0 Å². The number of likely N-dealkylation sites (N-methyl/N-ethyl adjacent to an activating group) is 1. The lowest BCUT2D eigenvalue weighted by Gasteiger charge is -2.26. The number of carboxylic acids is 1. The van der Waals surface area contributed by atoms with Crippen LogP contribution in [0.2, 0.25) is 0 Å². The quantitative estimate of drug-likeness (QED) is 0.725. The van der Waals surface area contributed by atoms with E-state index in [2.05, 4.69) is 5.32 Å². The van der Waals surface area contributed by atoms with Gasteiger partial charge in [-0.25, -0.2) is 4.79 Å². The van der Waals surface area contributed by atoms with Gasteiger partial charge in [0.2, 0.25) is 5.91 Å². The number of carbonyl (C=O) groups is 3. The molecular weight excluding hydrogens is 238 g/mol. The van der Waals surface area contributed by atoms with E-state index in [-0.39, 0.29) is 18.5 Å². The number of likely N-dealkylation sites (tertiary alicyclic amines) is 1. The molecule has 0 aliphatic carbocycles. The zero-order valence-electron chi connectivity index (χ0n) is 10.8. The fourth-order valence-corrected chi connectivity index (χ4v) is 1.82. The van der Waals surface area contributed by atoms with E-state index in [1.165, 1.54) is 4.90 Å². The van der Waals surface area contributed by atoms with Gasteiger partial charge in [0.1, 0.15) is 12.6 Å². The molecule has 1 rings (SSSR count). The van der Waals surface area contributed by atoms with Crippen molar-refractivity contribution in [1.29, 1.82) is 0 Å². The molecule has 1 heterocycles. The molecule has 1 aliphatic heterocycles. The fraction of sp³-hybridized carbons (Fsp3) is 0.727. The van der Waals surface area contributed by atoms with Crippen LogP contribution in [0.5, 0.6) is 0 Å². The summed E-state index contributed by atoms with van der Waals surface area (Å²) in [5.41, 5.74) is 0. The highest BCUT2D eigenvalue weighted by Gasteiger charge is 2.32. The summed E-state index contributed by atoms with van der Waals surface area (Å²) < 4.78 is 0. The van der Waals surface area contributed by atoms with Gasteiger partial charge in [-0.15, -0.1) is 0 Å². The molecule has 2 N–H and O–H groups in total. The first-order chi connectivity index (χ1) is 8.32. The van der Waals surface area contributed by atoms with E-state index in [1.807, 2.05) is 0 Å². The third kappa shape index (κ3) is 3.35. The average Bonchev–Trinajstić information content (AvgIpc) is 2.57. The molecular formula is C11H19N3O4. The Morgan fingerprint density at radius 3 is 2.56 bits per heavy atom. The number of hydrogen-bond donors (Lipinski definition) is 2. The predicted octanol–water partition coefficient (Wildman–Crippen LogP) is -0.278. The Labute approximate surface area is 106 Å². The summed E-state index contributed by atoms with van der Waals surface area (Å²) in [6, 6.07) is -1.30. The molecule has 0 bridgehead atoms. The Bertz CT molecular complexity index is 356. The Balaban J connectivity index is 2.62. The highest BCUT2D eigenvalue weighted by molar-refractivity contribution is 5.89. The van der Waals surface area contributed by atoms with Crippen LogP contribution < -0.4 is 5.32 Å². The number of amides is 3. The van der Waals surface area contributed by atoms with E-state index in [4.69, 9.17) is 5.11 Å². The van der Waals surface area contributed by atoms with Crippen LogP contribution in [-0.4, -0.2) is 65.0 Å². The van der Waals surface area contributed by atoms with E-state index in [9.17, 15) is 14.4 Å². The van der Waals surface area contributed by atoms with E-state index in [0.29, 0.717) is 13.0 Å². The molecule has 1 aliphatic rings. The number of aliphatic carboxylic acids is 1. The van der Waals surface area contributed by atoms with Gasteiger partial charge in [0, 0.05) is 19.6 Å². The number of carbonyl (C=O) groups excluding carboxylic acids is 2. The smallest absolute Gasteiger partial charge is 0.323 e. The van der Waals surface area contributed by atoms with Crippen LogP contribution in [0.25, 0.3) is 0 Å². The van der Waals surface area contributed by atoms with Gasteiger partial charge in [0.05, 0.1) is 0 Å². The topological polar surface area (TPSA) is 89.9 Å². The minimum atomic E-state index is -1.08. The maximum Gasteiger partial charge on any atom is 0.323 e. The standard InChI is InChI=1S/C11H19N3O4/c1-7(2)14(6-9(15)16)11(18)12-8-4-5-13(3)10(8)17/h7-8H,4-6H2,1-3H3,(H,12,18)(H,15,16). The zero-order valence-corrected chi connectivity index (χ0v) is 10.8. The summed E-state index contributed by atoms with van der Waals surface area (Å²) in [7, 11) is 1.67. The summed E-state index contributed by atoms with van der Waals surface area (Å²) in [5, 5.41) is 11.3. The Kier molecular flexibility index (Phi) is 4.52. The highest BCUT2D eigenvalue weighted by atomic mass is 16.4. The molecule has 0 aromatic carbocycles. The van der Waals surface area contributed by atoms with Crippen LogP contribution >= 0.6 is 0 Å². The Morgan fingerprint density at radius 1 is 1.56 bits per heavy atom. The van der Waals surface area contributed by atoms with Gasteiger partial charge in [-0.1, -0.05) is 0 Å². The van der Waals surface area contributed by atoms with Crippen LogP contribution in [-0.2, 0) is 9.59 Å². The van der Waals surface area contributed by atoms with Gasteiger partial charge < -0.3 is 20.2 Å². The van der Waals surface area contributed by atoms with Crippen molar-refractivity contribution in [3.8, 4) is 0 Å². The van der Waals surface area contributed by atoms with E-state index < -0.39 is 18.0 Å². The van der Waals surface area contributed by atoms with Crippen LogP contribution in [0.3, 0.4) is 0 Å². The summed E-state index contributed by atoms with van der Waals surface area (Å²) in [6.45, 7) is 3.68. The number of hydrogen-bond acceptors (Lipinski definition) is 3. The SMILES string of the molecule is CC(C)N(CC(=O)O)C(=O)NC1CCN(C)C1=O. The van der Waals surface area contributed by atoms with Crippen LogP contribution in [0, 0.1) is 0 Å².